The third-order valence-electron chi connectivity index (χ3n) is 1.02. The van der Waals surface area contributed by atoms with Gasteiger partial charge in [-0.05, 0) is 0 Å². The summed E-state index contributed by atoms with van der Waals surface area (Å²) in [4.78, 5) is 4.46. The van der Waals surface area contributed by atoms with Crippen LogP contribution < -0.4 is 16.7 Å². The summed E-state index contributed by atoms with van der Waals surface area (Å²) < 4.78 is 0.695. The molecule has 0 atom stereocenters. The van der Waals surface area contributed by atoms with Gasteiger partial charge in [-0.15, -0.1) is 9.52 Å². The van der Waals surface area contributed by atoms with E-state index in [0.717, 1.165) is 0 Å². The lowest BCUT2D eigenvalue weighted by Gasteiger charge is -2.07. The zero-order valence-electron chi connectivity index (χ0n) is 5.26. The maximum absolute atomic E-state index is 8.30. The third-order valence-corrected chi connectivity index (χ3v) is 1.25. The zero-order chi connectivity index (χ0) is 8.43. The Hall–Kier alpha value is -1.18. The topological polar surface area (TPSA) is 107 Å². The standard InChI is InChI=1S/C3H6ClN5O2/c4-9-1(2(5)7-10)3(6)8-11-9/h8,10H,6H2,(H2,5,7). The van der Waals surface area contributed by atoms with Crippen molar-refractivity contribution in [2.45, 2.75) is 0 Å². The van der Waals surface area contributed by atoms with Crippen LogP contribution in [0.2, 0.25) is 0 Å². The van der Waals surface area contributed by atoms with Gasteiger partial charge >= 0.3 is 0 Å². The van der Waals surface area contributed by atoms with Crippen molar-refractivity contribution in [1.29, 1.82) is 5.41 Å². The van der Waals surface area contributed by atoms with Crippen molar-refractivity contribution in [3.63, 3.8) is 0 Å². The van der Waals surface area contributed by atoms with Gasteiger partial charge in [0.25, 0.3) is 0 Å². The summed E-state index contributed by atoms with van der Waals surface area (Å²) in [6.07, 6.45) is 0. The van der Waals surface area contributed by atoms with E-state index < -0.39 is 0 Å². The SMILES string of the molecule is N=C(NO)C1=C(N)NON1Cl. The van der Waals surface area contributed by atoms with E-state index in [1.807, 2.05) is 0 Å². The maximum atomic E-state index is 8.30. The Bertz CT molecular complexity index is 216. The molecule has 0 unspecified atom stereocenters. The van der Waals surface area contributed by atoms with Crippen LogP contribution in [-0.4, -0.2) is 15.6 Å². The van der Waals surface area contributed by atoms with E-state index in [1.54, 1.807) is 5.48 Å². The molecule has 0 aromatic heterocycles. The van der Waals surface area contributed by atoms with Crippen LogP contribution in [0.4, 0.5) is 0 Å². The van der Waals surface area contributed by atoms with E-state index in [0.29, 0.717) is 4.58 Å². The second kappa shape index (κ2) is 2.82. The van der Waals surface area contributed by atoms with Gasteiger partial charge in [0.1, 0.15) is 0 Å². The maximum Gasteiger partial charge on any atom is 0.173 e. The lowest BCUT2D eigenvalue weighted by molar-refractivity contribution is -0.0811. The summed E-state index contributed by atoms with van der Waals surface area (Å²) in [7, 11) is 0. The first-order valence-electron chi connectivity index (χ1n) is 2.54. The van der Waals surface area contributed by atoms with Gasteiger partial charge in [0.05, 0.1) is 0 Å². The molecule has 0 amide bonds. The Kier molecular flexibility index (Phi) is 2.03. The number of rotatable bonds is 1. The van der Waals surface area contributed by atoms with Gasteiger partial charge in [-0.1, -0.05) is 0 Å². The van der Waals surface area contributed by atoms with Gasteiger partial charge in [0.2, 0.25) is 0 Å². The van der Waals surface area contributed by atoms with Crippen molar-refractivity contribution in [3.8, 4) is 0 Å². The molecule has 1 aliphatic rings. The summed E-state index contributed by atoms with van der Waals surface area (Å²) >= 11 is 5.37. The lowest BCUT2D eigenvalue weighted by Crippen LogP contribution is -2.26. The molecule has 0 spiro atoms. The molecule has 0 radical (unpaired) electrons. The van der Waals surface area contributed by atoms with Crippen LogP contribution in [0.25, 0.3) is 0 Å². The Morgan fingerprint density at radius 1 is 1.91 bits per heavy atom. The first-order valence-corrected chi connectivity index (χ1v) is 2.88. The molecule has 1 aliphatic heterocycles. The quantitative estimate of drug-likeness (QED) is 0.153. The molecule has 6 N–H and O–H groups in total. The van der Waals surface area contributed by atoms with Gasteiger partial charge in [-0.2, -0.15) is 0 Å². The van der Waals surface area contributed by atoms with Crippen molar-refractivity contribution in [3.05, 3.63) is 11.5 Å². The van der Waals surface area contributed by atoms with Crippen LogP contribution in [0.1, 0.15) is 0 Å². The molecular weight excluding hydrogens is 174 g/mol. The molecule has 8 heteroatoms. The fraction of sp³-hybridized carbons (Fsp3) is 0. The summed E-state index contributed by atoms with van der Waals surface area (Å²) in [6, 6.07) is 0. The van der Waals surface area contributed by atoms with Crippen molar-refractivity contribution in [2.75, 3.05) is 0 Å². The molecule has 0 saturated heterocycles. The minimum Gasteiger partial charge on any atom is -0.382 e. The Labute approximate surface area is 66.8 Å². The normalized spacial score (nSPS) is 16.7. The summed E-state index contributed by atoms with van der Waals surface area (Å²) in [5.74, 6) is -0.311. The van der Waals surface area contributed by atoms with Gasteiger partial charge in [0.15, 0.2) is 17.4 Å². The predicted octanol–water partition coefficient (Wildman–Crippen LogP) is -1.02. The molecule has 0 saturated carbocycles. The minimum absolute atomic E-state index is 0.0224. The second-order valence-electron chi connectivity index (χ2n) is 1.69. The van der Waals surface area contributed by atoms with Crippen molar-refractivity contribution >= 4 is 17.6 Å². The predicted molar refractivity (Wildman–Crippen MR) is 35.8 cm³/mol. The summed E-state index contributed by atoms with van der Waals surface area (Å²) in [6.45, 7) is 0. The van der Waals surface area contributed by atoms with Gasteiger partial charge in [0, 0.05) is 11.8 Å². The van der Waals surface area contributed by atoms with Crippen molar-refractivity contribution < 1.29 is 10.1 Å². The van der Waals surface area contributed by atoms with Crippen LogP contribution in [0.3, 0.4) is 0 Å². The number of hydrogen-bond acceptors (Lipinski definition) is 6. The number of hydrogen-bond donors (Lipinski definition) is 5. The van der Waals surface area contributed by atoms with E-state index in [4.69, 9.17) is 28.1 Å². The van der Waals surface area contributed by atoms with E-state index in [9.17, 15) is 0 Å². The Morgan fingerprint density at radius 2 is 2.55 bits per heavy atom. The molecule has 7 nitrogen and oxygen atoms in total. The Balaban J connectivity index is 2.83. The molecule has 1 rings (SSSR count). The molecule has 1 heterocycles. The van der Waals surface area contributed by atoms with E-state index >= 15 is 0 Å². The number of nitrogens with zero attached hydrogens (tertiary/aromatic N) is 1. The molecular formula is C3H6ClN5O2. The number of halogens is 1. The fourth-order valence-corrected chi connectivity index (χ4v) is 0.764. The Morgan fingerprint density at radius 3 is 2.91 bits per heavy atom. The summed E-state index contributed by atoms with van der Waals surface area (Å²) in [5.41, 5.74) is 9.05. The number of nitrogens with two attached hydrogens (primary N) is 1. The molecule has 0 aromatic rings. The first kappa shape index (κ1) is 7.92. The molecule has 62 valence electrons. The third kappa shape index (κ3) is 1.29. The lowest BCUT2D eigenvalue weighted by atomic mass is 10.4. The molecule has 0 aliphatic carbocycles. The minimum atomic E-state index is -0.359. The molecule has 0 fully saturated rings. The van der Waals surface area contributed by atoms with Gasteiger partial charge in [-0.25, -0.2) is 5.48 Å². The monoisotopic (exact) mass is 179 g/mol. The highest BCUT2D eigenvalue weighted by Crippen LogP contribution is 2.15. The average molecular weight is 180 g/mol. The summed E-state index contributed by atoms with van der Waals surface area (Å²) in [5, 5.41) is 15.3. The van der Waals surface area contributed by atoms with Gasteiger partial charge in [-0.3, -0.25) is 16.1 Å². The van der Waals surface area contributed by atoms with Crippen molar-refractivity contribution in [1.82, 2.24) is 15.5 Å². The zero-order valence-corrected chi connectivity index (χ0v) is 6.01. The van der Waals surface area contributed by atoms with Gasteiger partial charge < -0.3 is 5.73 Å². The van der Waals surface area contributed by atoms with Crippen LogP contribution in [0, 0.1) is 5.41 Å². The molecule has 11 heavy (non-hydrogen) atoms. The van der Waals surface area contributed by atoms with Crippen LogP contribution >= 0.6 is 11.8 Å². The highest BCUT2D eigenvalue weighted by molar-refractivity contribution is 6.17. The number of amidine groups is 1. The van der Waals surface area contributed by atoms with Crippen LogP contribution in [0.5, 0.6) is 0 Å². The first-order chi connectivity index (χ1) is 5.16. The highest BCUT2D eigenvalue weighted by Gasteiger charge is 2.24. The number of hydroxylamine groups is 3. The fourth-order valence-electron chi connectivity index (χ4n) is 0.553. The average Bonchev–Trinajstić information content (AvgIpc) is 2.30. The van der Waals surface area contributed by atoms with E-state index in [-0.39, 0.29) is 17.4 Å². The van der Waals surface area contributed by atoms with E-state index in [1.165, 1.54) is 0 Å². The van der Waals surface area contributed by atoms with E-state index in [2.05, 4.69) is 10.4 Å². The largest absolute Gasteiger partial charge is 0.382 e. The second-order valence-corrected chi connectivity index (χ2v) is 1.99. The van der Waals surface area contributed by atoms with Crippen molar-refractivity contribution in [2.24, 2.45) is 5.73 Å². The van der Waals surface area contributed by atoms with Crippen LogP contribution in [-0.2, 0) is 4.94 Å². The molecule has 0 bridgehead atoms. The highest BCUT2D eigenvalue weighted by atomic mass is 35.5. The van der Waals surface area contributed by atoms with Crippen LogP contribution in [0.15, 0.2) is 11.5 Å². The molecule has 0 aromatic carbocycles. The smallest absolute Gasteiger partial charge is 0.173 e. The number of nitrogens with one attached hydrogen (secondary N) is 3.